The molecule has 0 bridgehead atoms. The van der Waals surface area contributed by atoms with Gasteiger partial charge >= 0.3 is 0 Å². The monoisotopic (exact) mass is 288 g/mol. The minimum atomic E-state index is 0.712. The number of benzene rings is 1. The maximum absolute atomic E-state index is 5.99. The van der Waals surface area contributed by atoms with E-state index in [0.717, 1.165) is 24.9 Å². The normalized spacial score (nSPS) is 26.9. The summed E-state index contributed by atoms with van der Waals surface area (Å²) in [6.07, 6.45) is 6.77. The first-order chi connectivity index (χ1) is 10.3. The Morgan fingerprint density at radius 3 is 2.90 bits per heavy atom. The molecule has 116 valence electrons. The summed E-state index contributed by atoms with van der Waals surface area (Å²) >= 11 is 0. The Morgan fingerprint density at radius 1 is 1.19 bits per heavy atom. The molecule has 0 amide bonds. The van der Waals surface area contributed by atoms with Crippen LogP contribution in [0.3, 0.4) is 0 Å². The molecule has 1 N–H and O–H groups in total. The molecule has 2 heterocycles. The Balaban J connectivity index is 1.51. The lowest BCUT2D eigenvalue weighted by molar-refractivity contribution is 0.101. The first-order valence-electron chi connectivity index (χ1n) is 8.50. The highest BCUT2D eigenvalue weighted by molar-refractivity contribution is 5.31. The van der Waals surface area contributed by atoms with E-state index in [1.54, 1.807) is 0 Å². The molecule has 2 fully saturated rings. The second-order valence-electron chi connectivity index (χ2n) is 6.42. The number of hydrogen-bond acceptors (Lipinski definition) is 3. The Hall–Kier alpha value is -1.06. The van der Waals surface area contributed by atoms with Crippen molar-refractivity contribution in [1.29, 1.82) is 0 Å². The minimum Gasteiger partial charge on any atom is -0.492 e. The molecule has 2 atom stereocenters. The summed E-state index contributed by atoms with van der Waals surface area (Å²) < 4.78 is 5.99. The predicted octanol–water partition coefficient (Wildman–Crippen LogP) is 2.98. The van der Waals surface area contributed by atoms with Crippen LogP contribution in [0.1, 0.15) is 37.7 Å². The van der Waals surface area contributed by atoms with Gasteiger partial charge in [0.15, 0.2) is 0 Å². The fraction of sp³-hybridized carbons (Fsp3) is 0.667. The van der Waals surface area contributed by atoms with Gasteiger partial charge in [-0.15, -0.1) is 0 Å². The Bertz CT molecular complexity index is 443. The molecule has 1 aromatic rings. The van der Waals surface area contributed by atoms with E-state index >= 15 is 0 Å². The molecular weight excluding hydrogens is 260 g/mol. The summed E-state index contributed by atoms with van der Waals surface area (Å²) in [6, 6.07) is 9.73. The lowest BCUT2D eigenvalue weighted by atomic mass is 9.94. The molecule has 2 aliphatic heterocycles. The summed E-state index contributed by atoms with van der Waals surface area (Å²) in [7, 11) is 0. The summed E-state index contributed by atoms with van der Waals surface area (Å²) in [5.41, 5.74) is 1.23. The second-order valence-corrected chi connectivity index (χ2v) is 6.42. The molecule has 3 nitrogen and oxygen atoms in total. The van der Waals surface area contributed by atoms with Gasteiger partial charge in [0.25, 0.3) is 0 Å². The SMILES string of the molecule is Cc1ccccc1OCCN1CCCCC1C1CCCN1. The summed E-state index contributed by atoms with van der Waals surface area (Å²) in [6.45, 7) is 6.40. The van der Waals surface area contributed by atoms with Crippen molar-refractivity contribution in [3.63, 3.8) is 0 Å². The van der Waals surface area contributed by atoms with Gasteiger partial charge in [-0.05, 0) is 57.3 Å². The quantitative estimate of drug-likeness (QED) is 0.901. The molecule has 2 unspecified atom stereocenters. The smallest absolute Gasteiger partial charge is 0.122 e. The number of ether oxygens (including phenoxy) is 1. The van der Waals surface area contributed by atoms with Crippen LogP contribution in [0.15, 0.2) is 24.3 Å². The average molecular weight is 288 g/mol. The highest BCUT2D eigenvalue weighted by Crippen LogP contribution is 2.24. The Morgan fingerprint density at radius 2 is 2.10 bits per heavy atom. The molecule has 2 saturated heterocycles. The van der Waals surface area contributed by atoms with Gasteiger partial charge in [-0.1, -0.05) is 24.6 Å². The summed E-state index contributed by atoms with van der Waals surface area (Å²) in [4.78, 5) is 2.66. The van der Waals surface area contributed by atoms with Gasteiger partial charge in [-0.2, -0.15) is 0 Å². The zero-order valence-electron chi connectivity index (χ0n) is 13.2. The third-order valence-electron chi connectivity index (χ3n) is 4.96. The van der Waals surface area contributed by atoms with E-state index in [9.17, 15) is 0 Å². The number of para-hydroxylation sites is 1. The highest BCUT2D eigenvalue weighted by Gasteiger charge is 2.31. The summed E-state index contributed by atoms with van der Waals surface area (Å²) in [5.74, 6) is 1.03. The van der Waals surface area contributed by atoms with Crippen LogP contribution in [-0.4, -0.2) is 43.2 Å². The molecule has 2 aliphatic rings. The van der Waals surface area contributed by atoms with E-state index in [-0.39, 0.29) is 0 Å². The number of hydrogen-bond donors (Lipinski definition) is 1. The largest absolute Gasteiger partial charge is 0.492 e. The van der Waals surface area contributed by atoms with Gasteiger partial charge in [0.2, 0.25) is 0 Å². The molecule has 3 heteroatoms. The van der Waals surface area contributed by atoms with Crippen molar-refractivity contribution in [1.82, 2.24) is 10.2 Å². The van der Waals surface area contributed by atoms with Crippen LogP contribution in [0.4, 0.5) is 0 Å². The number of rotatable bonds is 5. The van der Waals surface area contributed by atoms with Crippen molar-refractivity contribution in [2.75, 3.05) is 26.2 Å². The summed E-state index contributed by atoms with van der Waals surface area (Å²) in [5, 5.41) is 3.69. The van der Waals surface area contributed by atoms with Crippen molar-refractivity contribution in [2.24, 2.45) is 0 Å². The van der Waals surface area contributed by atoms with E-state index < -0.39 is 0 Å². The van der Waals surface area contributed by atoms with E-state index in [2.05, 4.69) is 41.4 Å². The maximum atomic E-state index is 5.99. The number of likely N-dealkylation sites (tertiary alicyclic amines) is 1. The molecule has 0 aliphatic carbocycles. The molecular formula is C18H28N2O. The van der Waals surface area contributed by atoms with Crippen molar-refractivity contribution >= 4 is 0 Å². The molecule has 0 spiro atoms. The fourth-order valence-electron chi connectivity index (χ4n) is 3.78. The zero-order valence-corrected chi connectivity index (χ0v) is 13.2. The van der Waals surface area contributed by atoms with E-state index in [1.807, 2.05) is 0 Å². The van der Waals surface area contributed by atoms with Crippen LogP contribution in [0.2, 0.25) is 0 Å². The van der Waals surface area contributed by atoms with Gasteiger partial charge in [0, 0.05) is 18.6 Å². The standard InChI is InChI=1S/C18H28N2O/c1-15-7-2-3-10-18(15)21-14-13-20-12-5-4-9-17(20)16-8-6-11-19-16/h2-3,7,10,16-17,19H,4-6,8-9,11-14H2,1H3. The van der Waals surface area contributed by atoms with Crippen molar-refractivity contribution in [2.45, 2.75) is 51.1 Å². The van der Waals surface area contributed by atoms with Crippen LogP contribution >= 0.6 is 0 Å². The zero-order chi connectivity index (χ0) is 14.5. The third kappa shape index (κ3) is 3.78. The van der Waals surface area contributed by atoms with Crippen LogP contribution in [-0.2, 0) is 0 Å². The maximum Gasteiger partial charge on any atom is 0.122 e. The third-order valence-corrected chi connectivity index (χ3v) is 4.96. The Labute approximate surface area is 128 Å². The van der Waals surface area contributed by atoms with Crippen LogP contribution in [0, 0.1) is 6.92 Å². The first kappa shape index (κ1) is 14.9. The van der Waals surface area contributed by atoms with Crippen molar-refractivity contribution in [3.05, 3.63) is 29.8 Å². The minimum absolute atomic E-state index is 0.712. The van der Waals surface area contributed by atoms with Crippen molar-refractivity contribution in [3.8, 4) is 5.75 Å². The van der Waals surface area contributed by atoms with Gasteiger partial charge < -0.3 is 10.1 Å². The van der Waals surface area contributed by atoms with Crippen LogP contribution in [0.25, 0.3) is 0 Å². The lowest BCUT2D eigenvalue weighted by Gasteiger charge is -2.39. The fourth-order valence-corrected chi connectivity index (χ4v) is 3.78. The van der Waals surface area contributed by atoms with E-state index in [0.29, 0.717) is 6.04 Å². The molecule has 21 heavy (non-hydrogen) atoms. The number of nitrogens with zero attached hydrogens (tertiary/aromatic N) is 1. The first-order valence-corrected chi connectivity index (χ1v) is 8.50. The molecule has 0 aromatic heterocycles. The van der Waals surface area contributed by atoms with E-state index in [1.165, 1.54) is 50.8 Å². The number of piperidine rings is 1. The number of nitrogens with one attached hydrogen (secondary N) is 1. The van der Waals surface area contributed by atoms with Crippen molar-refractivity contribution < 1.29 is 4.74 Å². The molecule has 0 radical (unpaired) electrons. The molecule has 3 rings (SSSR count). The Kier molecular flexibility index (Phi) is 5.15. The molecule has 0 saturated carbocycles. The highest BCUT2D eigenvalue weighted by atomic mass is 16.5. The van der Waals surface area contributed by atoms with Gasteiger partial charge in [-0.25, -0.2) is 0 Å². The number of aryl methyl sites for hydroxylation is 1. The van der Waals surface area contributed by atoms with Crippen LogP contribution in [0.5, 0.6) is 5.75 Å². The van der Waals surface area contributed by atoms with Gasteiger partial charge in [0.1, 0.15) is 12.4 Å². The average Bonchev–Trinajstić information content (AvgIpc) is 3.04. The lowest BCUT2D eigenvalue weighted by Crippen LogP contribution is -2.51. The second kappa shape index (κ2) is 7.28. The topological polar surface area (TPSA) is 24.5 Å². The van der Waals surface area contributed by atoms with Gasteiger partial charge in [-0.3, -0.25) is 4.90 Å². The predicted molar refractivity (Wildman–Crippen MR) is 86.9 cm³/mol. The van der Waals surface area contributed by atoms with Gasteiger partial charge in [0.05, 0.1) is 0 Å². The van der Waals surface area contributed by atoms with Crippen LogP contribution < -0.4 is 10.1 Å². The van der Waals surface area contributed by atoms with E-state index in [4.69, 9.17) is 4.74 Å². The molecule has 1 aromatic carbocycles.